The summed E-state index contributed by atoms with van der Waals surface area (Å²) in [4.78, 5) is 26.5. The van der Waals surface area contributed by atoms with Crippen LogP contribution in [0.2, 0.25) is 0 Å². The summed E-state index contributed by atoms with van der Waals surface area (Å²) >= 11 is 0. The molecule has 5 rings (SSSR count). The molecule has 234 valence electrons. The zero-order valence-electron chi connectivity index (χ0n) is 24.8. The van der Waals surface area contributed by atoms with Gasteiger partial charge in [-0.2, -0.15) is 0 Å². The van der Waals surface area contributed by atoms with E-state index in [1.165, 1.54) is 14.2 Å². The van der Waals surface area contributed by atoms with E-state index < -0.39 is 17.9 Å². The van der Waals surface area contributed by atoms with Crippen LogP contribution in [0.5, 0.6) is 28.7 Å². The minimum Gasteiger partial charge on any atom is -0.502 e. The average Bonchev–Trinajstić information content (AvgIpc) is 3.63. The highest BCUT2D eigenvalue weighted by molar-refractivity contribution is 5.81. The van der Waals surface area contributed by atoms with Crippen molar-refractivity contribution in [3.63, 3.8) is 0 Å². The normalized spacial score (nSPS) is 21.6. The maximum atomic E-state index is 13.3. The molecule has 1 fully saturated rings. The Morgan fingerprint density at radius 1 is 0.930 bits per heavy atom. The van der Waals surface area contributed by atoms with Gasteiger partial charge in [-0.15, -0.1) is 0 Å². The van der Waals surface area contributed by atoms with Crippen LogP contribution in [-0.2, 0) is 14.3 Å². The SMILES string of the molecule is COc1cc(C2c3cc4c(cc3C(NC(=O)CCNCCCCNCCCN)C3COC(=O)C23)OCO4)cc(OC)c1O. The number of phenolic OH excluding ortho intramolecular Hbond substituents is 1. The van der Waals surface area contributed by atoms with Crippen LogP contribution in [0, 0.1) is 11.8 Å². The Balaban J connectivity index is 1.34. The van der Waals surface area contributed by atoms with Crippen LogP contribution in [0.25, 0.3) is 0 Å². The van der Waals surface area contributed by atoms with Crippen LogP contribution >= 0.6 is 0 Å². The van der Waals surface area contributed by atoms with E-state index in [4.69, 9.17) is 29.4 Å². The number of hydrogen-bond donors (Lipinski definition) is 5. The Morgan fingerprint density at radius 3 is 2.21 bits per heavy atom. The molecule has 0 bridgehead atoms. The van der Waals surface area contributed by atoms with Crippen molar-refractivity contribution < 1.29 is 38.4 Å². The Kier molecular flexibility index (Phi) is 10.1. The van der Waals surface area contributed by atoms with Gasteiger partial charge in [-0.05, 0) is 86.4 Å². The molecule has 0 spiro atoms. The summed E-state index contributed by atoms with van der Waals surface area (Å²) in [6.07, 6.45) is 3.34. The first-order valence-electron chi connectivity index (χ1n) is 14.9. The summed E-state index contributed by atoms with van der Waals surface area (Å²) in [5, 5.41) is 20.5. The molecule has 12 nitrogen and oxygen atoms in total. The number of carbonyl (C=O) groups excluding carboxylic acids is 2. The molecule has 2 aromatic carbocycles. The molecule has 6 N–H and O–H groups in total. The standard InChI is InChI=1S/C31H42N4O8/c1-39-24-12-18(13-25(40-2)30(24)37)27-19-14-22-23(43-17-42-22)15-20(19)29(21-16-41-31(38)28(21)27)35-26(36)6-11-34-9-4-3-8-33-10-5-7-32/h12-15,21,27-29,33-34,37H,3-11,16-17,32H2,1-2H3,(H,35,36). The molecule has 2 heterocycles. The molecule has 2 aromatic rings. The summed E-state index contributed by atoms with van der Waals surface area (Å²) < 4.78 is 27.8. The van der Waals surface area contributed by atoms with E-state index in [1.54, 1.807) is 12.1 Å². The first kappa shape index (κ1) is 30.7. The Hall–Kier alpha value is -3.74. The van der Waals surface area contributed by atoms with E-state index in [0.29, 0.717) is 36.6 Å². The lowest BCUT2D eigenvalue weighted by atomic mass is 9.65. The van der Waals surface area contributed by atoms with Gasteiger partial charge < -0.3 is 50.5 Å². The zero-order chi connectivity index (χ0) is 30.3. The van der Waals surface area contributed by atoms with E-state index in [0.717, 1.165) is 50.0 Å². The largest absolute Gasteiger partial charge is 0.502 e. The van der Waals surface area contributed by atoms with E-state index in [1.807, 2.05) is 12.1 Å². The lowest BCUT2D eigenvalue weighted by Gasteiger charge is -2.39. The fraction of sp³-hybridized carbons (Fsp3) is 0.548. The fourth-order valence-corrected chi connectivity index (χ4v) is 6.27. The molecule has 0 radical (unpaired) electrons. The van der Waals surface area contributed by atoms with Crippen molar-refractivity contribution in [2.45, 2.75) is 37.6 Å². The minimum absolute atomic E-state index is 0.0884. The average molecular weight is 599 g/mol. The monoisotopic (exact) mass is 598 g/mol. The molecule has 0 aromatic heterocycles. The number of nitrogens with one attached hydrogen (secondary N) is 3. The topological polar surface area (TPSA) is 163 Å². The van der Waals surface area contributed by atoms with Crippen LogP contribution in [-0.4, -0.2) is 77.3 Å². The number of carbonyl (C=O) groups is 2. The van der Waals surface area contributed by atoms with Gasteiger partial charge in [0.2, 0.25) is 18.4 Å². The van der Waals surface area contributed by atoms with Gasteiger partial charge in [0, 0.05) is 24.8 Å². The number of esters is 1. The predicted molar refractivity (Wildman–Crippen MR) is 158 cm³/mol. The molecule has 3 aliphatic rings. The van der Waals surface area contributed by atoms with E-state index in [2.05, 4.69) is 16.0 Å². The number of amides is 1. The minimum atomic E-state index is -0.589. The number of ether oxygens (including phenoxy) is 5. The van der Waals surface area contributed by atoms with Crippen LogP contribution in [0.15, 0.2) is 24.3 Å². The number of hydrogen-bond acceptors (Lipinski definition) is 11. The number of rotatable bonds is 15. The van der Waals surface area contributed by atoms with Crippen molar-refractivity contribution in [3.8, 4) is 28.7 Å². The Labute approximate surface area is 251 Å². The number of phenols is 1. The highest BCUT2D eigenvalue weighted by Gasteiger charge is 2.53. The molecule has 1 saturated heterocycles. The van der Waals surface area contributed by atoms with Gasteiger partial charge in [0.15, 0.2) is 23.0 Å². The van der Waals surface area contributed by atoms with Gasteiger partial charge in [0.1, 0.15) is 0 Å². The molecule has 43 heavy (non-hydrogen) atoms. The summed E-state index contributed by atoms with van der Waals surface area (Å²) in [5.74, 6) is -0.358. The predicted octanol–water partition coefficient (Wildman–Crippen LogP) is 1.93. The van der Waals surface area contributed by atoms with Crippen LogP contribution in [0.3, 0.4) is 0 Å². The number of nitrogens with two attached hydrogens (primary N) is 1. The molecule has 0 saturated carbocycles. The van der Waals surface area contributed by atoms with E-state index in [-0.39, 0.29) is 48.4 Å². The number of fused-ring (bicyclic) bond motifs is 3. The highest BCUT2D eigenvalue weighted by atomic mass is 16.7. The Bertz CT molecular complexity index is 1280. The molecular weight excluding hydrogens is 556 g/mol. The Morgan fingerprint density at radius 2 is 1.56 bits per heavy atom. The first-order chi connectivity index (χ1) is 21.0. The number of cyclic esters (lactones) is 1. The third-order valence-electron chi connectivity index (χ3n) is 8.41. The van der Waals surface area contributed by atoms with E-state index in [9.17, 15) is 14.7 Å². The molecule has 4 unspecified atom stereocenters. The second-order valence-electron chi connectivity index (χ2n) is 11.1. The van der Waals surface area contributed by atoms with Gasteiger partial charge in [-0.3, -0.25) is 9.59 Å². The second-order valence-corrected chi connectivity index (χ2v) is 11.1. The van der Waals surface area contributed by atoms with E-state index >= 15 is 0 Å². The van der Waals surface area contributed by atoms with Crippen molar-refractivity contribution in [1.82, 2.24) is 16.0 Å². The second kappa shape index (κ2) is 14.2. The van der Waals surface area contributed by atoms with Gasteiger partial charge in [-0.1, -0.05) is 0 Å². The summed E-state index contributed by atoms with van der Waals surface area (Å²) in [5.41, 5.74) is 7.86. The van der Waals surface area contributed by atoms with Gasteiger partial charge in [0.25, 0.3) is 0 Å². The first-order valence-corrected chi connectivity index (χ1v) is 14.9. The smallest absolute Gasteiger partial charge is 0.310 e. The molecule has 1 aliphatic carbocycles. The lowest BCUT2D eigenvalue weighted by molar-refractivity contribution is -0.141. The van der Waals surface area contributed by atoms with Gasteiger partial charge in [-0.25, -0.2) is 0 Å². The van der Waals surface area contributed by atoms with Crippen molar-refractivity contribution in [2.75, 3.05) is 60.3 Å². The summed E-state index contributed by atoms with van der Waals surface area (Å²) in [6.45, 7) is 4.22. The molecule has 2 aliphatic heterocycles. The number of methoxy groups -OCH3 is 2. The molecular formula is C31H42N4O8. The van der Waals surface area contributed by atoms with Crippen molar-refractivity contribution in [3.05, 3.63) is 41.0 Å². The highest BCUT2D eigenvalue weighted by Crippen LogP contribution is 2.55. The number of aromatic hydroxyl groups is 1. The third kappa shape index (κ3) is 6.61. The summed E-state index contributed by atoms with van der Waals surface area (Å²) in [7, 11) is 2.92. The lowest BCUT2D eigenvalue weighted by Crippen LogP contribution is -2.43. The number of unbranched alkanes of at least 4 members (excludes halogenated alkanes) is 1. The maximum absolute atomic E-state index is 13.3. The molecule has 4 atom stereocenters. The zero-order valence-corrected chi connectivity index (χ0v) is 24.8. The van der Waals surface area contributed by atoms with Gasteiger partial charge >= 0.3 is 5.97 Å². The third-order valence-corrected chi connectivity index (χ3v) is 8.41. The molecule has 12 heteroatoms. The van der Waals surface area contributed by atoms with Crippen molar-refractivity contribution in [2.24, 2.45) is 17.6 Å². The fourth-order valence-electron chi connectivity index (χ4n) is 6.27. The van der Waals surface area contributed by atoms with Crippen molar-refractivity contribution >= 4 is 11.9 Å². The van der Waals surface area contributed by atoms with Crippen LogP contribution < -0.4 is 40.6 Å². The number of benzene rings is 2. The quantitative estimate of drug-likeness (QED) is 0.150. The maximum Gasteiger partial charge on any atom is 0.310 e. The summed E-state index contributed by atoms with van der Waals surface area (Å²) in [6, 6.07) is 6.72. The molecule has 1 amide bonds. The van der Waals surface area contributed by atoms with Crippen molar-refractivity contribution in [1.29, 1.82) is 0 Å². The van der Waals surface area contributed by atoms with Gasteiger partial charge in [0.05, 0.1) is 32.8 Å². The van der Waals surface area contributed by atoms with Crippen LogP contribution in [0.4, 0.5) is 0 Å². The van der Waals surface area contributed by atoms with Crippen LogP contribution in [0.1, 0.15) is 54.3 Å².